The van der Waals surface area contributed by atoms with Crippen LogP contribution in [0.4, 0.5) is 0 Å². The summed E-state index contributed by atoms with van der Waals surface area (Å²) in [5, 5.41) is 5.73. The molecule has 0 bridgehead atoms. The molecule has 32 heavy (non-hydrogen) atoms. The molecule has 0 fully saturated rings. The fraction of sp³-hybridized carbons (Fsp3) is 0.308. The minimum absolute atomic E-state index is 0.178. The fourth-order valence-corrected chi connectivity index (χ4v) is 3.24. The van der Waals surface area contributed by atoms with Gasteiger partial charge in [0, 0.05) is 13.0 Å². The molecule has 3 aromatic rings. The van der Waals surface area contributed by atoms with E-state index in [0.29, 0.717) is 19.4 Å². The summed E-state index contributed by atoms with van der Waals surface area (Å²) in [4.78, 5) is 25.3. The van der Waals surface area contributed by atoms with Crippen LogP contribution in [0.5, 0.6) is 5.75 Å². The number of amides is 2. The largest absolute Gasteiger partial charge is 0.494 e. The molecule has 1 aromatic heterocycles. The van der Waals surface area contributed by atoms with Crippen molar-refractivity contribution in [1.82, 2.24) is 10.6 Å². The maximum atomic E-state index is 12.9. The van der Waals surface area contributed by atoms with Crippen LogP contribution in [0.1, 0.15) is 41.4 Å². The highest BCUT2D eigenvalue weighted by molar-refractivity contribution is 5.95. The van der Waals surface area contributed by atoms with E-state index in [4.69, 9.17) is 9.15 Å². The molecule has 2 N–H and O–H groups in total. The van der Waals surface area contributed by atoms with Gasteiger partial charge in [0.1, 0.15) is 11.8 Å². The fourth-order valence-electron chi connectivity index (χ4n) is 3.24. The van der Waals surface area contributed by atoms with Crippen molar-refractivity contribution in [3.05, 3.63) is 89.9 Å². The van der Waals surface area contributed by atoms with Crippen LogP contribution >= 0.6 is 0 Å². The standard InChI is InChI=1S/C26H30N2O4/c1-2-3-17-31-22-13-11-20(12-14-22)15-16-27-25(29)23(19-21-8-5-4-6-9-21)28-26(30)24-10-7-18-32-24/h4-14,18,23H,2-3,15-17,19H2,1H3,(H,27,29)(H,28,30). The van der Waals surface area contributed by atoms with Crippen LogP contribution in [0.3, 0.4) is 0 Å². The third-order valence-electron chi connectivity index (χ3n) is 5.05. The van der Waals surface area contributed by atoms with E-state index in [2.05, 4.69) is 17.6 Å². The van der Waals surface area contributed by atoms with Gasteiger partial charge in [-0.05, 0) is 48.2 Å². The second-order valence-corrected chi connectivity index (χ2v) is 7.58. The van der Waals surface area contributed by atoms with Gasteiger partial charge < -0.3 is 19.8 Å². The summed E-state index contributed by atoms with van der Waals surface area (Å²) >= 11 is 0. The van der Waals surface area contributed by atoms with Gasteiger partial charge in [-0.1, -0.05) is 55.8 Å². The highest BCUT2D eigenvalue weighted by Crippen LogP contribution is 2.13. The molecule has 0 aliphatic carbocycles. The maximum Gasteiger partial charge on any atom is 0.287 e. The van der Waals surface area contributed by atoms with Crippen LogP contribution in [0.2, 0.25) is 0 Å². The summed E-state index contributed by atoms with van der Waals surface area (Å²) in [5.74, 6) is 0.393. The summed E-state index contributed by atoms with van der Waals surface area (Å²) in [5.41, 5.74) is 2.07. The number of benzene rings is 2. The molecule has 0 saturated carbocycles. The molecule has 2 aromatic carbocycles. The summed E-state index contributed by atoms with van der Waals surface area (Å²) in [6, 6.07) is 20.0. The van der Waals surface area contributed by atoms with Gasteiger partial charge in [0.15, 0.2) is 5.76 Å². The second-order valence-electron chi connectivity index (χ2n) is 7.58. The van der Waals surface area contributed by atoms with Crippen molar-refractivity contribution in [2.24, 2.45) is 0 Å². The zero-order valence-electron chi connectivity index (χ0n) is 18.4. The Morgan fingerprint density at radius 3 is 2.44 bits per heavy atom. The van der Waals surface area contributed by atoms with Crippen LogP contribution in [0, 0.1) is 0 Å². The molecule has 0 radical (unpaired) electrons. The molecule has 6 nitrogen and oxygen atoms in total. The van der Waals surface area contributed by atoms with Gasteiger partial charge in [0.25, 0.3) is 5.91 Å². The molecular weight excluding hydrogens is 404 g/mol. The lowest BCUT2D eigenvalue weighted by Gasteiger charge is -2.18. The predicted molar refractivity (Wildman–Crippen MR) is 124 cm³/mol. The van der Waals surface area contributed by atoms with E-state index in [0.717, 1.165) is 36.3 Å². The lowest BCUT2D eigenvalue weighted by molar-refractivity contribution is -0.122. The molecule has 6 heteroatoms. The average molecular weight is 435 g/mol. The number of carbonyl (C=O) groups is 2. The van der Waals surface area contributed by atoms with Gasteiger partial charge in [0.05, 0.1) is 12.9 Å². The Balaban J connectivity index is 1.54. The first-order valence-electron chi connectivity index (χ1n) is 11.0. The van der Waals surface area contributed by atoms with E-state index in [9.17, 15) is 9.59 Å². The van der Waals surface area contributed by atoms with Gasteiger partial charge in [-0.25, -0.2) is 0 Å². The summed E-state index contributed by atoms with van der Waals surface area (Å²) in [7, 11) is 0. The van der Waals surface area contributed by atoms with Gasteiger partial charge >= 0.3 is 0 Å². The smallest absolute Gasteiger partial charge is 0.287 e. The number of nitrogens with one attached hydrogen (secondary N) is 2. The molecule has 168 valence electrons. The van der Waals surface area contributed by atoms with Crippen molar-refractivity contribution in [2.75, 3.05) is 13.2 Å². The Kier molecular flexibility index (Phi) is 8.92. The maximum absolute atomic E-state index is 12.9. The highest BCUT2D eigenvalue weighted by atomic mass is 16.5. The van der Waals surface area contributed by atoms with Crippen molar-refractivity contribution < 1.29 is 18.7 Å². The zero-order valence-corrected chi connectivity index (χ0v) is 18.4. The Bertz CT molecular complexity index is 953. The first-order chi connectivity index (χ1) is 15.7. The molecule has 1 heterocycles. The minimum Gasteiger partial charge on any atom is -0.494 e. The van der Waals surface area contributed by atoms with Crippen LogP contribution in [0.25, 0.3) is 0 Å². The number of ether oxygens (including phenoxy) is 1. The van der Waals surface area contributed by atoms with Crippen LogP contribution < -0.4 is 15.4 Å². The molecular formula is C26H30N2O4. The summed E-state index contributed by atoms with van der Waals surface area (Å²) < 4.78 is 10.8. The number of carbonyl (C=O) groups excluding carboxylic acids is 2. The third kappa shape index (κ3) is 7.30. The van der Waals surface area contributed by atoms with Crippen LogP contribution in [-0.2, 0) is 17.6 Å². The molecule has 2 amide bonds. The Hall–Kier alpha value is -3.54. The normalized spacial score (nSPS) is 11.5. The second kappa shape index (κ2) is 12.3. The number of hydrogen-bond donors (Lipinski definition) is 2. The third-order valence-corrected chi connectivity index (χ3v) is 5.05. The monoisotopic (exact) mass is 434 g/mol. The molecule has 0 aliphatic heterocycles. The quantitative estimate of drug-likeness (QED) is 0.420. The summed E-state index contributed by atoms with van der Waals surface area (Å²) in [6.45, 7) is 3.32. The van der Waals surface area contributed by atoms with Crippen molar-refractivity contribution in [2.45, 2.75) is 38.6 Å². The Morgan fingerprint density at radius 2 is 1.75 bits per heavy atom. The predicted octanol–water partition coefficient (Wildman–Crippen LogP) is 4.16. The topological polar surface area (TPSA) is 80.6 Å². The lowest BCUT2D eigenvalue weighted by atomic mass is 10.0. The highest BCUT2D eigenvalue weighted by Gasteiger charge is 2.22. The number of rotatable bonds is 12. The van der Waals surface area contributed by atoms with E-state index in [1.165, 1.54) is 6.26 Å². The van der Waals surface area contributed by atoms with Gasteiger partial charge in [-0.2, -0.15) is 0 Å². The number of unbranched alkanes of at least 4 members (excludes halogenated alkanes) is 1. The molecule has 0 saturated heterocycles. The molecule has 3 rings (SSSR count). The van der Waals surface area contributed by atoms with Gasteiger partial charge in [-0.15, -0.1) is 0 Å². The molecule has 0 spiro atoms. The zero-order chi connectivity index (χ0) is 22.6. The minimum atomic E-state index is -0.704. The van der Waals surface area contributed by atoms with Crippen molar-refractivity contribution in [3.63, 3.8) is 0 Å². The molecule has 1 atom stereocenters. The number of hydrogen-bond acceptors (Lipinski definition) is 4. The first-order valence-corrected chi connectivity index (χ1v) is 11.0. The first kappa shape index (κ1) is 23.1. The van der Waals surface area contributed by atoms with E-state index >= 15 is 0 Å². The number of furan rings is 1. The van der Waals surface area contributed by atoms with Crippen molar-refractivity contribution in [1.29, 1.82) is 0 Å². The van der Waals surface area contributed by atoms with E-state index in [1.807, 2.05) is 54.6 Å². The van der Waals surface area contributed by atoms with Crippen molar-refractivity contribution >= 4 is 11.8 Å². The average Bonchev–Trinajstić information content (AvgIpc) is 3.36. The van der Waals surface area contributed by atoms with E-state index in [-0.39, 0.29) is 11.7 Å². The van der Waals surface area contributed by atoms with Gasteiger partial charge in [-0.3, -0.25) is 9.59 Å². The van der Waals surface area contributed by atoms with Gasteiger partial charge in [0.2, 0.25) is 5.91 Å². The Labute approximate surface area is 189 Å². The van der Waals surface area contributed by atoms with Crippen LogP contribution in [0.15, 0.2) is 77.4 Å². The summed E-state index contributed by atoms with van der Waals surface area (Å²) in [6.07, 6.45) is 4.65. The lowest BCUT2D eigenvalue weighted by Crippen LogP contribution is -2.48. The van der Waals surface area contributed by atoms with E-state index < -0.39 is 11.9 Å². The van der Waals surface area contributed by atoms with E-state index in [1.54, 1.807) is 12.1 Å². The molecule has 0 aliphatic rings. The van der Waals surface area contributed by atoms with Crippen LogP contribution in [-0.4, -0.2) is 31.0 Å². The SMILES string of the molecule is CCCCOc1ccc(CCNC(=O)C(Cc2ccccc2)NC(=O)c2ccco2)cc1. The Morgan fingerprint density at radius 1 is 0.969 bits per heavy atom. The molecule has 1 unspecified atom stereocenters. The van der Waals surface area contributed by atoms with Crippen molar-refractivity contribution in [3.8, 4) is 5.75 Å².